The fourth-order valence-corrected chi connectivity index (χ4v) is 7.00. The van der Waals surface area contributed by atoms with Gasteiger partial charge in [-0.2, -0.15) is 0 Å². The number of piperidine rings is 1. The van der Waals surface area contributed by atoms with Crippen LogP contribution in [0.2, 0.25) is 0 Å². The molecule has 0 amide bonds. The molecule has 2 saturated carbocycles. The highest BCUT2D eigenvalue weighted by atomic mass is 16.6. The number of carbonyl (C=O) groups is 2. The molecule has 4 aliphatic rings. The van der Waals surface area contributed by atoms with Crippen LogP contribution in [-0.2, 0) is 32.8 Å². The number of nitrogens with zero attached hydrogens (tertiary/aromatic N) is 1. The Labute approximate surface area is 201 Å². The summed E-state index contributed by atoms with van der Waals surface area (Å²) in [6.45, 7) is 4.05. The summed E-state index contributed by atoms with van der Waals surface area (Å²) in [6, 6.07) is 16.7. The first-order valence-corrected chi connectivity index (χ1v) is 12.7. The number of fused-ring (bicyclic) bond motifs is 1. The lowest BCUT2D eigenvalue weighted by Crippen LogP contribution is -2.74. The van der Waals surface area contributed by atoms with Crippen molar-refractivity contribution in [2.24, 2.45) is 5.92 Å². The Morgan fingerprint density at radius 2 is 1.94 bits per heavy atom. The van der Waals surface area contributed by atoms with Crippen molar-refractivity contribution < 1.29 is 19.1 Å². The van der Waals surface area contributed by atoms with Crippen molar-refractivity contribution >= 4 is 11.8 Å². The second-order valence-electron chi connectivity index (χ2n) is 10.8. The number of esters is 1. The van der Waals surface area contributed by atoms with Gasteiger partial charge in [-0.25, -0.2) is 0 Å². The van der Waals surface area contributed by atoms with E-state index in [1.165, 1.54) is 25.3 Å². The molecule has 5 heteroatoms. The quantitative estimate of drug-likeness (QED) is 0.591. The van der Waals surface area contributed by atoms with Gasteiger partial charge in [-0.3, -0.25) is 14.5 Å². The number of hydrogen-bond acceptors (Lipinski definition) is 5. The Balaban J connectivity index is 1.41. The first kappa shape index (κ1) is 21.8. The van der Waals surface area contributed by atoms with Gasteiger partial charge >= 0.3 is 5.97 Å². The van der Waals surface area contributed by atoms with E-state index in [0.29, 0.717) is 25.9 Å². The zero-order valence-electron chi connectivity index (χ0n) is 19.9. The van der Waals surface area contributed by atoms with Crippen LogP contribution in [0.3, 0.4) is 0 Å². The maximum atomic E-state index is 12.9. The Morgan fingerprint density at radius 1 is 1.12 bits per heavy atom. The third-order valence-electron chi connectivity index (χ3n) is 8.66. The Kier molecular flexibility index (Phi) is 5.29. The van der Waals surface area contributed by atoms with Crippen LogP contribution in [0, 0.1) is 5.92 Å². The van der Waals surface area contributed by atoms with E-state index < -0.39 is 11.0 Å². The van der Waals surface area contributed by atoms with Crippen LogP contribution in [0.5, 0.6) is 5.75 Å². The zero-order chi connectivity index (χ0) is 23.3. The van der Waals surface area contributed by atoms with Gasteiger partial charge < -0.3 is 9.47 Å². The fraction of sp³-hybridized carbons (Fsp3) is 0.517. The third kappa shape index (κ3) is 3.56. The highest BCUT2D eigenvalue weighted by Gasteiger charge is 2.67. The summed E-state index contributed by atoms with van der Waals surface area (Å²) in [4.78, 5) is 28.0. The van der Waals surface area contributed by atoms with Crippen LogP contribution in [0.4, 0.5) is 0 Å². The van der Waals surface area contributed by atoms with Crippen molar-refractivity contribution in [2.45, 2.75) is 75.5 Å². The van der Waals surface area contributed by atoms with E-state index >= 15 is 0 Å². The molecule has 1 heterocycles. The summed E-state index contributed by atoms with van der Waals surface area (Å²) in [7, 11) is 0. The minimum Gasteiger partial charge on any atom is -0.489 e. The summed E-state index contributed by atoms with van der Waals surface area (Å²) in [6.07, 6.45) is 5.84. The number of ether oxygens (including phenoxy) is 2. The summed E-state index contributed by atoms with van der Waals surface area (Å²) in [5, 5.41) is 0. The second-order valence-corrected chi connectivity index (χ2v) is 10.8. The second kappa shape index (κ2) is 8.23. The van der Waals surface area contributed by atoms with E-state index in [1.54, 1.807) is 0 Å². The molecular weight excluding hydrogens is 426 g/mol. The first-order valence-electron chi connectivity index (χ1n) is 12.7. The largest absolute Gasteiger partial charge is 0.489 e. The molecule has 178 valence electrons. The molecule has 2 bridgehead atoms. The van der Waals surface area contributed by atoms with Crippen molar-refractivity contribution in [2.75, 3.05) is 13.1 Å². The van der Waals surface area contributed by atoms with E-state index in [4.69, 9.17) is 9.47 Å². The van der Waals surface area contributed by atoms with Gasteiger partial charge in [0.05, 0.1) is 6.04 Å². The first-order chi connectivity index (χ1) is 16.5. The monoisotopic (exact) mass is 459 g/mol. The van der Waals surface area contributed by atoms with Gasteiger partial charge in [0, 0.05) is 31.7 Å². The minimum absolute atomic E-state index is 0.127. The molecule has 6 rings (SSSR count). The summed E-state index contributed by atoms with van der Waals surface area (Å²) in [5.74, 6) is 1.62. The van der Waals surface area contributed by atoms with Crippen molar-refractivity contribution in [3.8, 4) is 5.75 Å². The van der Waals surface area contributed by atoms with E-state index in [9.17, 15) is 9.59 Å². The Bertz CT molecular complexity index is 1110. The predicted molar refractivity (Wildman–Crippen MR) is 129 cm³/mol. The lowest BCUT2D eigenvalue weighted by molar-refractivity contribution is -0.205. The SMILES string of the molecule is CC(=O)O[C@@]12CCC(=O)C[C@]13CCN(CC1CC1)C2Cc1ccc(OCc2ccccc2)cc13. The molecule has 1 saturated heterocycles. The van der Waals surface area contributed by atoms with E-state index in [1.807, 2.05) is 18.2 Å². The molecular formula is C29H33NO4. The van der Waals surface area contributed by atoms with Crippen LogP contribution < -0.4 is 4.74 Å². The molecule has 34 heavy (non-hydrogen) atoms. The Morgan fingerprint density at radius 3 is 2.71 bits per heavy atom. The van der Waals surface area contributed by atoms with Gasteiger partial charge in [0.1, 0.15) is 23.7 Å². The molecule has 3 fully saturated rings. The number of Topliss-reactive ketones (excluding diaryl/α,β-unsaturated/α-hetero) is 1. The van der Waals surface area contributed by atoms with Crippen molar-refractivity contribution in [1.29, 1.82) is 0 Å². The molecule has 0 aromatic heterocycles. The molecule has 2 aromatic rings. The predicted octanol–water partition coefficient (Wildman–Crippen LogP) is 4.60. The smallest absolute Gasteiger partial charge is 0.303 e. The van der Waals surface area contributed by atoms with E-state index in [0.717, 1.165) is 48.7 Å². The maximum Gasteiger partial charge on any atom is 0.303 e. The molecule has 0 radical (unpaired) electrons. The van der Waals surface area contributed by atoms with E-state index in [2.05, 4.69) is 35.2 Å². The molecule has 5 nitrogen and oxygen atoms in total. The van der Waals surface area contributed by atoms with Gasteiger partial charge in [-0.05, 0) is 73.4 Å². The number of hydrogen-bond donors (Lipinski definition) is 0. The highest BCUT2D eigenvalue weighted by Crippen LogP contribution is 2.60. The van der Waals surface area contributed by atoms with Gasteiger partial charge in [0.25, 0.3) is 0 Å². The van der Waals surface area contributed by atoms with Crippen LogP contribution in [0.1, 0.15) is 62.1 Å². The van der Waals surface area contributed by atoms with Gasteiger partial charge in [0.15, 0.2) is 0 Å². The average Bonchev–Trinajstić information content (AvgIpc) is 3.64. The standard InChI is InChI=1S/C29H33NO4/c1-20(31)34-29-12-11-24(32)17-28(29)13-14-30(18-21-7-8-21)27(29)15-23-9-10-25(16-26(23)28)33-19-22-5-3-2-4-6-22/h2-6,9-10,16,21,27H,7-8,11-15,17-19H2,1H3/t27?,28-,29+/m0/s1. The van der Waals surface area contributed by atoms with Crippen LogP contribution in [0.15, 0.2) is 48.5 Å². The molecule has 2 aromatic carbocycles. The van der Waals surface area contributed by atoms with Gasteiger partial charge in [-0.15, -0.1) is 0 Å². The number of rotatable bonds is 6. The average molecular weight is 460 g/mol. The number of ketones is 1. The number of benzene rings is 2. The van der Waals surface area contributed by atoms with Crippen molar-refractivity contribution in [3.05, 3.63) is 65.2 Å². The molecule has 3 atom stereocenters. The lowest BCUT2D eigenvalue weighted by Gasteiger charge is -2.64. The van der Waals surface area contributed by atoms with Crippen LogP contribution in [-0.4, -0.2) is 41.4 Å². The molecule has 1 aliphatic heterocycles. The topological polar surface area (TPSA) is 55.8 Å². The van der Waals surface area contributed by atoms with Crippen LogP contribution in [0.25, 0.3) is 0 Å². The minimum atomic E-state index is -0.648. The number of carbonyl (C=O) groups excluding carboxylic acids is 2. The van der Waals surface area contributed by atoms with E-state index in [-0.39, 0.29) is 17.8 Å². The lowest BCUT2D eigenvalue weighted by atomic mass is 9.49. The number of likely N-dealkylation sites (tertiary alicyclic amines) is 1. The maximum absolute atomic E-state index is 12.9. The highest BCUT2D eigenvalue weighted by molar-refractivity contribution is 5.83. The summed E-state index contributed by atoms with van der Waals surface area (Å²) in [5.41, 5.74) is 2.43. The Hall–Kier alpha value is -2.66. The van der Waals surface area contributed by atoms with Gasteiger partial charge in [0.2, 0.25) is 0 Å². The molecule has 0 N–H and O–H groups in total. The normalized spacial score (nSPS) is 30.3. The summed E-state index contributed by atoms with van der Waals surface area (Å²) >= 11 is 0. The van der Waals surface area contributed by atoms with Crippen molar-refractivity contribution in [1.82, 2.24) is 4.90 Å². The molecule has 0 spiro atoms. The van der Waals surface area contributed by atoms with Crippen molar-refractivity contribution in [3.63, 3.8) is 0 Å². The zero-order valence-corrected chi connectivity index (χ0v) is 19.9. The summed E-state index contributed by atoms with van der Waals surface area (Å²) < 4.78 is 12.6. The molecule has 1 unspecified atom stereocenters. The fourth-order valence-electron chi connectivity index (χ4n) is 7.00. The van der Waals surface area contributed by atoms with Crippen LogP contribution >= 0.6 is 0 Å². The van der Waals surface area contributed by atoms with Gasteiger partial charge in [-0.1, -0.05) is 36.4 Å². The molecule has 3 aliphatic carbocycles. The third-order valence-corrected chi connectivity index (χ3v) is 8.66.